The van der Waals surface area contributed by atoms with E-state index in [1.807, 2.05) is 30.3 Å². The van der Waals surface area contributed by atoms with Crippen molar-refractivity contribution >= 4 is 28.1 Å². The lowest BCUT2D eigenvalue weighted by molar-refractivity contribution is -0.384. The highest BCUT2D eigenvalue weighted by molar-refractivity contribution is 6.09. The van der Waals surface area contributed by atoms with Crippen molar-refractivity contribution in [2.75, 3.05) is 12.4 Å². The lowest BCUT2D eigenvalue weighted by Gasteiger charge is -2.15. The van der Waals surface area contributed by atoms with Gasteiger partial charge in [0.25, 0.3) is 11.6 Å². The first kappa shape index (κ1) is 20.9. The molecule has 0 aliphatic rings. The number of hydrogen-bond acceptors (Lipinski definition) is 5. The number of nitro benzene ring substituents is 1. The Morgan fingerprint density at radius 2 is 1.62 bits per heavy atom. The first-order chi connectivity index (χ1) is 15.5. The van der Waals surface area contributed by atoms with Crippen LogP contribution in [0.3, 0.4) is 0 Å². The molecule has 0 saturated carbocycles. The van der Waals surface area contributed by atoms with Crippen LogP contribution in [0.15, 0.2) is 84.9 Å². The van der Waals surface area contributed by atoms with Crippen molar-refractivity contribution in [1.82, 2.24) is 0 Å². The number of rotatable bonds is 7. The SMILES string of the molecule is COc1ccccc1NC(=O)c1cc2ccccc2cc1OCc1cccc([N+](=O)[O-])c1. The minimum Gasteiger partial charge on any atom is -0.495 e. The maximum Gasteiger partial charge on any atom is 0.269 e. The van der Waals surface area contributed by atoms with Gasteiger partial charge in [0.2, 0.25) is 0 Å². The number of fused-ring (bicyclic) bond motifs is 1. The molecule has 1 amide bonds. The zero-order valence-electron chi connectivity index (χ0n) is 17.3. The van der Waals surface area contributed by atoms with Crippen molar-refractivity contribution in [2.45, 2.75) is 6.61 Å². The van der Waals surface area contributed by atoms with Crippen molar-refractivity contribution in [3.8, 4) is 11.5 Å². The molecule has 0 atom stereocenters. The van der Waals surface area contributed by atoms with E-state index in [4.69, 9.17) is 9.47 Å². The normalized spacial score (nSPS) is 10.5. The quantitative estimate of drug-likeness (QED) is 0.306. The number of benzene rings is 4. The third-order valence-corrected chi connectivity index (χ3v) is 4.96. The molecule has 0 saturated heterocycles. The average Bonchev–Trinajstić information content (AvgIpc) is 2.82. The van der Waals surface area contributed by atoms with Crippen LogP contribution in [-0.4, -0.2) is 17.9 Å². The van der Waals surface area contributed by atoms with E-state index in [1.165, 1.54) is 19.2 Å². The second-order valence-corrected chi connectivity index (χ2v) is 7.07. The van der Waals surface area contributed by atoms with Crippen LogP contribution in [0.5, 0.6) is 11.5 Å². The fourth-order valence-electron chi connectivity index (χ4n) is 3.37. The van der Waals surface area contributed by atoms with Crippen LogP contribution in [0.4, 0.5) is 11.4 Å². The van der Waals surface area contributed by atoms with Crippen molar-refractivity contribution in [3.63, 3.8) is 0 Å². The van der Waals surface area contributed by atoms with Gasteiger partial charge in [0.15, 0.2) is 0 Å². The van der Waals surface area contributed by atoms with Gasteiger partial charge >= 0.3 is 0 Å². The number of methoxy groups -OCH3 is 1. The van der Waals surface area contributed by atoms with Crippen LogP contribution in [0.25, 0.3) is 10.8 Å². The second kappa shape index (κ2) is 9.18. The van der Waals surface area contributed by atoms with Crippen LogP contribution in [0.1, 0.15) is 15.9 Å². The second-order valence-electron chi connectivity index (χ2n) is 7.07. The Morgan fingerprint density at radius 3 is 2.38 bits per heavy atom. The zero-order chi connectivity index (χ0) is 22.5. The summed E-state index contributed by atoms with van der Waals surface area (Å²) in [5.41, 5.74) is 1.50. The Labute approximate surface area is 184 Å². The summed E-state index contributed by atoms with van der Waals surface area (Å²) >= 11 is 0. The molecule has 0 unspecified atom stereocenters. The number of ether oxygens (including phenoxy) is 2. The minimum absolute atomic E-state index is 0.0150. The molecule has 32 heavy (non-hydrogen) atoms. The van der Waals surface area contributed by atoms with Crippen LogP contribution in [-0.2, 0) is 6.61 Å². The Hall–Kier alpha value is -4.39. The third kappa shape index (κ3) is 4.52. The smallest absolute Gasteiger partial charge is 0.269 e. The van der Waals surface area contributed by atoms with Gasteiger partial charge < -0.3 is 14.8 Å². The van der Waals surface area contributed by atoms with Gasteiger partial charge in [-0.05, 0) is 40.6 Å². The van der Waals surface area contributed by atoms with Gasteiger partial charge in [0.05, 0.1) is 23.3 Å². The number of nitrogens with one attached hydrogen (secondary N) is 1. The summed E-state index contributed by atoms with van der Waals surface area (Å²) in [6.45, 7) is 0.0783. The number of nitro groups is 1. The Morgan fingerprint density at radius 1 is 0.906 bits per heavy atom. The molecular weight excluding hydrogens is 408 g/mol. The van der Waals surface area contributed by atoms with Gasteiger partial charge in [-0.15, -0.1) is 0 Å². The molecule has 0 aromatic heterocycles. The monoisotopic (exact) mass is 428 g/mol. The van der Waals surface area contributed by atoms with Gasteiger partial charge in [-0.2, -0.15) is 0 Å². The predicted molar refractivity (Wildman–Crippen MR) is 122 cm³/mol. The largest absolute Gasteiger partial charge is 0.495 e. The van der Waals surface area contributed by atoms with E-state index >= 15 is 0 Å². The Bertz CT molecular complexity index is 1300. The molecule has 0 spiro atoms. The summed E-state index contributed by atoms with van der Waals surface area (Å²) in [5.74, 6) is 0.567. The number of anilines is 1. The molecule has 7 heteroatoms. The Kier molecular flexibility index (Phi) is 5.98. The maximum atomic E-state index is 13.2. The fourth-order valence-corrected chi connectivity index (χ4v) is 3.37. The molecule has 0 fully saturated rings. The number of amides is 1. The average molecular weight is 428 g/mol. The first-order valence-corrected chi connectivity index (χ1v) is 9.88. The molecule has 0 aliphatic heterocycles. The van der Waals surface area contributed by atoms with Gasteiger partial charge in [-0.1, -0.05) is 48.5 Å². The summed E-state index contributed by atoms with van der Waals surface area (Å²) in [6.07, 6.45) is 0. The molecule has 4 rings (SSSR count). The summed E-state index contributed by atoms with van der Waals surface area (Å²) in [6, 6.07) is 24.6. The molecule has 0 radical (unpaired) electrons. The molecule has 7 nitrogen and oxygen atoms in total. The summed E-state index contributed by atoms with van der Waals surface area (Å²) in [4.78, 5) is 23.8. The van der Waals surface area contributed by atoms with E-state index in [0.717, 1.165) is 10.8 Å². The highest BCUT2D eigenvalue weighted by Crippen LogP contribution is 2.30. The van der Waals surface area contributed by atoms with E-state index in [0.29, 0.717) is 28.3 Å². The molecule has 4 aromatic carbocycles. The van der Waals surface area contributed by atoms with Gasteiger partial charge in [0.1, 0.15) is 18.1 Å². The van der Waals surface area contributed by atoms with Crippen LogP contribution in [0, 0.1) is 10.1 Å². The maximum absolute atomic E-state index is 13.2. The molecule has 1 N–H and O–H groups in total. The summed E-state index contributed by atoms with van der Waals surface area (Å²) in [5, 5.41) is 15.7. The molecule has 160 valence electrons. The van der Waals surface area contributed by atoms with Crippen molar-refractivity contribution in [2.24, 2.45) is 0 Å². The van der Waals surface area contributed by atoms with Gasteiger partial charge in [-0.3, -0.25) is 14.9 Å². The first-order valence-electron chi connectivity index (χ1n) is 9.88. The number of carbonyl (C=O) groups is 1. The molecule has 0 aliphatic carbocycles. The topological polar surface area (TPSA) is 90.7 Å². The summed E-state index contributed by atoms with van der Waals surface area (Å²) < 4.78 is 11.3. The fraction of sp³-hybridized carbons (Fsp3) is 0.0800. The number of non-ortho nitro benzene ring substituents is 1. The van der Waals surface area contributed by atoms with E-state index in [-0.39, 0.29) is 18.2 Å². The number of hydrogen-bond donors (Lipinski definition) is 1. The van der Waals surface area contributed by atoms with E-state index in [9.17, 15) is 14.9 Å². The standard InChI is InChI=1S/C25H20N2O5/c1-31-23-12-5-4-11-22(23)26-25(28)21-14-18-8-2-3-9-19(18)15-24(21)32-16-17-7-6-10-20(13-17)27(29)30/h2-15H,16H2,1H3,(H,26,28). The van der Waals surface area contributed by atoms with Crippen molar-refractivity contribution < 1.29 is 19.2 Å². The van der Waals surface area contributed by atoms with Crippen LogP contribution in [0.2, 0.25) is 0 Å². The molecule has 0 bridgehead atoms. The van der Waals surface area contributed by atoms with Crippen LogP contribution < -0.4 is 14.8 Å². The Balaban J connectivity index is 1.66. The number of nitrogens with zero attached hydrogens (tertiary/aromatic N) is 1. The molecule has 0 heterocycles. The summed E-state index contributed by atoms with van der Waals surface area (Å²) in [7, 11) is 1.54. The number of carbonyl (C=O) groups excluding carboxylic acids is 1. The predicted octanol–water partition coefficient (Wildman–Crippen LogP) is 5.59. The van der Waals surface area contributed by atoms with Crippen LogP contribution >= 0.6 is 0 Å². The number of para-hydroxylation sites is 2. The minimum atomic E-state index is -0.453. The van der Waals surface area contributed by atoms with E-state index in [2.05, 4.69) is 5.32 Å². The highest BCUT2D eigenvalue weighted by atomic mass is 16.6. The van der Waals surface area contributed by atoms with E-state index < -0.39 is 4.92 Å². The lowest BCUT2D eigenvalue weighted by atomic mass is 10.0. The van der Waals surface area contributed by atoms with Gasteiger partial charge in [-0.25, -0.2) is 0 Å². The zero-order valence-corrected chi connectivity index (χ0v) is 17.3. The third-order valence-electron chi connectivity index (χ3n) is 4.96. The van der Waals surface area contributed by atoms with Crippen molar-refractivity contribution in [3.05, 3.63) is 106 Å². The lowest BCUT2D eigenvalue weighted by Crippen LogP contribution is -2.14. The van der Waals surface area contributed by atoms with Gasteiger partial charge in [0, 0.05) is 12.1 Å². The highest BCUT2D eigenvalue weighted by Gasteiger charge is 2.17. The molecule has 4 aromatic rings. The molecular formula is C25H20N2O5. The van der Waals surface area contributed by atoms with E-state index in [1.54, 1.807) is 42.5 Å². The van der Waals surface area contributed by atoms with Crippen molar-refractivity contribution in [1.29, 1.82) is 0 Å².